The molecule has 1 aliphatic heterocycles. The number of phenolic OH excluding ortho intramolecular Hbond substituents is 1. The average molecular weight is 528 g/mol. The summed E-state index contributed by atoms with van der Waals surface area (Å²) >= 11 is 6.36. The summed E-state index contributed by atoms with van der Waals surface area (Å²) in [5.41, 5.74) is 8.95. The van der Waals surface area contributed by atoms with Gasteiger partial charge in [-0.25, -0.2) is 14.2 Å². The number of nitrogen functional groups attached to an aromatic ring is 1. The molecule has 0 bridgehead atoms. The van der Waals surface area contributed by atoms with Gasteiger partial charge in [-0.3, -0.25) is 24.9 Å². The van der Waals surface area contributed by atoms with Gasteiger partial charge in [-0.05, 0) is 42.8 Å². The Labute approximate surface area is 218 Å². The molecule has 0 saturated carbocycles. The highest BCUT2D eigenvalue weighted by molar-refractivity contribution is 6.33. The molecule has 1 aliphatic rings. The normalized spacial score (nSPS) is 13.5. The van der Waals surface area contributed by atoms with Crippen LogP contribution >= 0.6 is 11.6 Å². The zero-order valence-corrected chi connectivity index (χ0v) is 21.3. The number of dihydropyridines is 1. The van der Waals surface area contributed by atoms with Crippen molar-refractivity contribution >= 4 is 47.6 Å². The van der Waals surface area contributed by atoms with E-state index in [0.717, 1.165) is 22.6 Å². The van der Waals surface area contributed by atoms with Gasteiger partial charge in [-0.15, -0.1) is 0 Å². The second-order valence-electron chi connectivity index (χ2n) is 8.24. The van der Waals surface area contributed by atoms with Crippen molar-refractivity contribution in [3.63, 3.8) is 0 Å². The molecule has 1 heterocycles. The summed E-state index contributed by atoms with van der Waals surface area (Å²) in [5.74, 6) is -1.19. The number of carbonyl (C=O) groups excluding carboxylic acids is 2. The Morgan fingerprint density at radius 3 is 2.73 bits per heavy atom. The van der Waals surface area contributed by atoms with E-state index in [-0.39, 0.29) is 34.5 Å². The zero-order chi connectivity index (χ0) is 27.1. The number of rotatable bonds is 6. The standard InChI is InChI=1S/C25H27ClFN7O3/c1-15-4-19(12-30-10-15)33(3)25(37)32-24(31-23-7-17(11-29-2)22(28)9-21(23)26)34(14-35)13-16-5-18(27)8-20(36)6-16/h4-9,11-12,14,30,36H,10,13,28H2,1-3H3,(H,31,32,37). The van der Waals surface area contributed by atoms with E-state index in [1.807, 2.05) is 13.0 Å². The number of guanidine groups is 1. The predicted octanol–water partition coefficient (Wildman–Crippen LogP) is 3.49. The third-order valence-corrected chi connectivity index (χ3v) is 5.58. The highest BCUT2D eigenvalue weighted by Gasteiger charge is 2.21. The molecule has 3 amide bonds. The van der Waals surface area contributed by atoms with Crippen LogP contribution in [-0.2, 0) is 11.3 Å². The first-order chi connectivity index (χ1) is 17.6. The molecule has 0 unspecified atom stereocenters. The van der Waals surface area contributed by atoms with Crippen molar-refractivity contribution in [2.45, 2.75) is 13.5 Å². The molecule has 10 nitrogen and oxygen atoms in total. The lowest BCUT2D eigenvalue weighted by molar-refractivity contribution is -0.115. The van der Waals surface area contributed by atoms with Crippen molar-refractivity contribution in [3.05, 3.63) is 75.8 Å². The van der Waals surface area contributed by atoms with E-state index in [0.29, 0.717) is 29.9 Å². The monoisotopic (exact) mass is 527 g/mol. The number of amides is 3. The Morgan fingerprint density at radius 2 is 2.08 bits per heavy atom. The average Bonchev–Trinajstić information content (AvgIpc) is 2.84. The number of likely N-dealkylation sites (N-methyl/N-ethyl adjacent to an activating group) is 1. The van der Waals surface area contributed by atoms with E-state index in [1.165, 1.54) is 23.2 Å². The lowest BCUT2D eigenvalue weighted by Crippen LogP contribution is -2.47. The summed E-state index contributed by atoms with van der Waals surface area (Å²) in [4.78, 5) is 36.1. The number of urea groups is 1. The smallest absolute Gasteiger partial charge is 0.328 e. The summed E-state index contributed by atoms with van der Waals surface area (Å²) in [5, 5.41) is 15.6. The Balaban J connectivity index is 2.03. The first-order valence-electron chi connectivity index (χ1n) is 11.1. The van der Waals surface area contributed by atoms with Gasteiger partial charge in [0, 0.05) is 50.4 Å². The Kier molecular flexibility index (Phi) is 8.86. The Bertz CT molecular complexity index is 1300. The van der Waals surface area contributed by atoms with Crippen LogP contribution in [0.15, 0.2) is 63.9 Å². The van der Waals surface area contributed by atoms with E-state index >= 15 is 0 Å². The van der Waals surface area contributed by atoms with E-state index in [4.69, 9.17) is 17.3 Å². The van der Waals surface area contributed by atoms with E-state index in [9.17, 15) is 19.1 Å². The van der Waals surface area contributed by atoms with Gasteiger partial charge in [0.05, 0.1) is 23.0 Å². The number of benzene rings is 2. The molecular weight excluding hydrogens is 501 g/mol. The number of nitrogens with one attached hydrogen (secondary N) is 2. The molecule has 194 valence electrons. The van der Waals surface area contributed by atoms with Crippen LogP contribution < -0.4 is 16.4 Å². The quantitative estimate of drug-likeness (QED) is 0.197. The predicted molar refractivity (Wildman–Crippen MR) is 142 cm³/mol. The van der Waals surface area contributed by atoms with E-state index in [2.05, 4.69) is 20.6 Å². The first-order valence-corrected chi connectivity index (χ1v) is 11.4. The largest absolute Gasteiger partial charge is 0.508 e. The van der Waals surface area contributed by atoms with Gasteiger partial charge in [0.25, 0.3) is 0 Å². The number of phenols is 1. The molecule has 0 atom stereocenters. The van der Waals surface area contributed by atoms with Crippen molar-refractivity contribution in [3.8, 4) is 5.75 Å². The number of hydrogen-bond donors (Lipinski definition) is 4. The fourth-order valence-corrected chi connectivity index (χ4v) is 3.66. The number of aliphatic imine (C=N–C) groups is 2. The number of nitrogens with zero attached hydrogens (tertiary/aromatic N) is 4. The van der Waals surface area contributed by atoms with Crippen LogP contribution in [0.1, 0.15) is 18.1 Å². The van der Waals surface area contributed by atoms with Gasteiger partial charge < -0.3 is 16.2 Å². The van der Waals surface area contributed by atoms with Crippen LogP contribution in [0.4, 0.5) is 20.6 Å². The Morgan fingerprint density at radius 1 is 1.32 bits per heavy atom. The minimum Gasteiger partial charge on any atom is -0.508 e. The molecule has 0 fully saturated rings. The van der Waals surface area contributed by atoms with Crippen molar-refractivity contribution in [2.24, 2.45) is 9.98 Å². The van der Waals surface area contributed by atoms with E-state index < -0.39 is 11.8 Å². The van der Waals surface area contributed by atoms with Crippen LogP contribution in [0.5, 0.6) is 5.75 Å². The number of nitrogens with two attached hydrogens (primary N) is 1. The molecule has 0 spiro atoms. The molecule has 2 aromatic carbocycles. The number of carbonyl (C=O) groups is 2. The molecule has 12 heteroatoms. The van der Waals surface area contributed by atoms with Crippen molar-refractivity contribution in [1.82, 2.24) is 20.4 Å². The van der Waals surface area contributed by atoms with Crippen molar-refractivity contribution in [2.75, 3.05) is 26.4 Å². The highest BCUT2D eigenvalue weighted by atomic mass is 35.5. The molecule has 37 heavy (non-hydrogen) atoms. The third kappa shape index (κ3) is 7.07. The maximum absolute atomic E-state index is 13.9. The maximum atomic E-state index is 13.9. The van der Waals surface area contributed by atoms with Gasteiger partial charge in [0.15, 0.2) is 0 Å². The third-order valence-electron chi connectivity index (χ3n) is 5.28. The summed E-state index contributed by atoms with van der Waals surface area (Å²) in [6, 6.07) is 5.81. The van der Waals surface area contributed by atoms with Crippen LogP contribution in [0.2, 0.25) is 5.02 Å². The maximum Gasteiger partial charge on any atom is 0.328 e. The lowest BCUT2D eigenvalue weighted by atomic mass is 10.1. The van der Waals surface area contributed by atoms with Crippen molar-refractivity contribution in [1.29, 1.82) is 0 Å². The molecule has 5 N–H and O–H groups in total. The molecule has 0 aliphatic carbocycles. The second-order valence-corrected chi connectivity index (χ2v) is 8.64. The van der Waals surface area contributed by atoms with Crippen LogP contribution in [0, 0.1) is 5.82 Å². The summed E-state index contributed by atoms with van der Waals surface area (Å²) in [7, 11) is 3.13. The highest BCUT2D eigenvalue weighted by Crippen LogP contribution is 2.30. The van der Waals surface area contributed by atoms with Crippen LogP contribution in [0.25, 0.3) is 0 Å². The number of aromatic hydroxyl groups is 1. The lowest BCUT2D eigenvalue weighted by Gasteiger charge is -2.25. The van der Waals surface area contributed by atoms with Crippen LogP contribution in [0.3, 0.4) is 0 Å². The number of allylic oxidation sites excluding steroid dienone is 1. The van der Waals surface area contributed by atoms with Gasteiger partial charge in [0.1, 0.15) is 11.6 Å². The first kappa shape index (κ1) is 27.2. The van der Waals surface area contributed by atoms with Gasteiger partial charge >= 0.3 is 6.03 Å². The van der Waals surface area contributed by atoms with E-state index in [1.54, 1.807) is 26.4 Å². The number of hydrogen-bond acceptors (Lipinski definition) is 7. The van der Waals surface area contributed by atoms with Gasteiger partial charge in [0.2, 0.25) is 12.4 Å². The minimum atomic E-state index is -0.688. The van der Waals surface area contributed by atoms with Crippen molar-refractivity contribution < 1.29 is 19.1 Å². The molecule has 0 saturated heterocycles. The van der Waals surface area contributed by atoms with Gasteiger partial charge in [-0.2, -0.15) is 0 Å². The Hall–Kier alpha value is -4.38. The van der Waals surface area contributed by atoms with Crippen LogP contribution in [-0.4, -0.2) is 60.2 Å². The summed E-state index contributed by atoms with van der Waals surface area (Å²) in [6.07, 6.45) is 5.46. The fourth-order valence-electron chi connectivity index (χ4n) is 3.44. The number of anilines is 1. The molecule has 3 rings (SSSR count). The van der Waals surface area contributed by atoms with Gasteiger partial charge in [-0.1, -0.05) is 17.2 Å². The molecule has 0 radical (unpaired) electrons. The SMILES string of the molecule is CN=Cc1cc(N=C(NC(=O)N(C)C2=CNCC(C)=C2)N(C=O)Cc2cc(O)cc(F)c2)c(Cl)cc1N. The molecule has 2 aromatic rings. The number of halogens is 2. The second kappa shape index (κ2) is 12.0. The molecule has 0 aromatic heterocycles. The summed E-state index contributed by atoms with van der Waals surface area (Å²) < 4.78 is 13.9. The molecular formula is C25H27ClFN7O3. The fraction of sp³-hybridized carbons (Fsp3) is 0.200. The minimum absolute atomic E-state index is 0.165. The summed E-state index contributed by atoms with van der Waals surface area (Å²) in [6.45, 7) is 2.36. The zero-order valence-electron chi connectivity index (χ0n) is 20.5. The topological polar surface area (TPSA) is 136 Å².